The maximum absolute atomic E-state index is 12.3. The van der Waals surface area contributed by atoms with Crippen LogP contribution in [0.5, 0.6) is 0 Å². The first-order valence-corrected chi connectivity index (χ1v) is 9.28. The Bertz CT molecular complexity index is 610. The fourth-order valence-electron chi connectivity index (χ4n) is 3.17. The Kier molecular flexibility index (Phi) is 5.88. The number of nitrogens with zero attached hydrogens (tertiary/aromatic N) is 3. The molecule has 138 valence electrons. The summed E-state index contributed by atoms with van der Waals surface area (Å²) in [5.41, 5.74) is 0. The van der Waals surface area contributed by atoms with Gasteiger partial charge in [0.25, 0.3) is 0 Å². The maximum Gasteiger partial charge on any atom is 0.223 e. The highest BCUT2D eigenvalue weighted by Gasteiger charge is 2.31. The average Bonchev–Trinajstić information content (AvgIpc) is 3.32. The molecule has 0 radical (unpaired) electrons. The van der Waals surface area contributed by atoms with E-state index < -0.39 is 0 Å². The lowest BCUT2D eigenvalue weighted by Gasteiger charge is -2.30. The van der Waals surface area contributed by atoms with Gasteiger partial charge in [-0.1, -0.05) is 11.6 Å². The number of aliphatic imine (C=N–C) groups is 1. The van der Waals surface area contributed by atoms with Gasteiger partial charge < -0.3 is 20.5 Å². The van der Waals surface area contributed by atoms with Crippen molar-refractivity contribution in [2.75, 3.05) is 6.54 Å². The van der Waals surface area contributed by atoms with Gasteiger partial charge in [-0.05, 0) is 39.0 Å². The Morgan fingerprint density at radius 2 is 2.08 bits per heavy atom. The number of aromatic nitrogens is 2. The highest BCUT2D eigenvalue weighted by molar-refractivity contribution is 5.81. The van der Waals surface area contributed by atoms with E-state index in [1.165, 1.54) is 0 Å². The van der Waals surface area contributed by atoms with Crippen LogP contribution in [0.15, 0.2) is 9.52 Å². The van der Waals surface area contributed by atoms with E-state index >= 15 is 0 Å². The molecule has 0 saturated heterocycles. The molecule has 3 rings (SSSR count). The van der Waals surface area contributed by atoms with Crippen LogP contribution in [0.3, 0.4) is 0 Å². The molecule has 2 aliphatic rings. The summed E-state index contributed by atoms with van der Waals surface area (Å²) < 4.78 is 4.97. The molecule has 2 saturated carbocycles. The van der Waals surface area contributed by atoms with Gasteiger partial charge in [0, 0.05) is 31.5 Å². The Hall–Kier alpha value is -2.12. The van der Waals surface area contributed by atoms with Crippen molar-refractivity contribution in [2.24, 2.45) is 10.9 Å². The molecular formula is C17H28N6O2. The molecule has 2 fully saturated rings. The molecule has 0 spiro atoms. The Labute approximate surface area is 148 Å². The lowest BCUT2D eigenvalue weighted by Crippen LogP contribution is -2.47. The topological polar surface area (TPSA) is 104 Å². The van der Waals surface area contributed by atoms with Crippen molar-refractivity contribution < 1.29 is 9.32 Å². The molecule has 8 nitrogen and oxygen atoms in total. The second-order valence-corrected chi connectivity index (χ2v) is 6.91. The first kappa shape index (κ1) is 17.7. The second-order valence-electron chi connectivity index (χ2n) is 6.91. The van der Waals surface area contributed by atoms with E-state index in [4.69, 9.17) is 4.52 Å². The predicted molar refractivity (Wildman–Crippen MR) is 93.9 cm³/mol. The number of carbonyl (C=O) groups is 1. The maximum atomic E-state index is 12.3. The number of hydrogen-bond donors (Lipinski definition) is 3. The summed E-state index contributed by atoms with van der Waals surface area (Å²) in [7, 11) is 0. The number of nitrogens with one attached hydrogen (secondary N) is 3. The average molecular weight is 348 g/mol. The van der Waals surface area contributed by atoms with E-state index in [9.17, 15) is 4.79 Å². The van der Waals surface area contributed by atoms with Crippen LogP contribution in [-0.2, 0) is 11.3 Å². The van der Waals surface area contributed by atoms with Gasteiger partial charge >= 0.3 is 0 Å². The van der Waals surface area contributed by atoms with Gasteiger partial charge in [-0.3, -0.25) is 4.79 Å². The zero-order valence-corrected chi connectivity index (χ0v) is 15.0. The van der Waals surface area contributed by atoms with Gasteiger partial charge in [-0.15, -0.1) is 0 Å². The van der Waals surface area contributed by atoms with Crippen molar-refractivity contribution in [1.82, 2.24) is 26.1 Å². The van der Waals surface area contributed by atoms with Crippen LogP contribution >= 0.6 is 0 Å². The summed E-state index contributed by atoms with van der Waals surface area (Å²) in [6.07, 6.45) is 6.21. The van der Waals surface area contributed by atoms with Gasteiger partial charge in [-0.2, -0.15) is 4.98 Å². The zero-order chi connectivity index (χ0) is 17.6. The van der Waals surface area contributed by atoms with Gasteiger partial charge in [0.05, 0.1) is 0 Å². The van der Waals surface area contributed by atoms with E-state index in [0.29, 0.717) is 24.3 Å². The smallest absolute Gasteiger partial charge is 0.223 e. The Morgan fingerprint density at radius 1 is 1.24 bits per heavy atom. The van der Waals surface area contributed by atoms with E-state index in [1.54, 1.807) is 6.92 Å². The van der Waals surface area contributed by atoms with E-state index in [2.05, 4.69) is 31.1 Å². The Balaban J connectivity index is 1.53. The van der Waals surface area contributed by atoms with Crippen LogP contribution in [0.4, 0.5) is 0 Å². The van der Waals surface area contributed by atoms with E-state index in [1.807, 2.05) is 6.92 Å². The Morgan fingerprint density at radius 3 is 2.76 bits per heavy atom. The summed E-state index contributed by atoms with van der Waals surface area (Å²) in [5.74, 6) is 2.17. The molecule has 8 heteroatoms. The molecular weight excluding hydrogens is 320 g/mol. The molecule has 25 heavy (non-hydrogen) atoms. The van der Waals surface area contributed by atoms with Gasteiger partial charge in [0.15, 0.2) is 11.8 Å². The monoisotopic (exact) mass is 348 g/mol. The third kappa shape index (κ3) is 5.44. The molecule has 2 atom stereocenters. The first-order chi connectivity index (χ1) is 12.1. The fourth-order valence-corrected chi connectivity index (χ4v) is 3.17. The van der Waals surface area contributed by atoms with Crippen LogP contribution in [0.2, 0.25) is 0 Å². The summed E-state index contributed by atoms with van der Waals surface area (Å²) in [6.45, 7) is 4.93. The van der Waals surface area contributed by atoms with Crippen molar-refractivity contribution >= 4 is 11.9 Å². The molecule has 0 bridgehead atoms. The summed E-state index contributed by atoms with van der Waals surface area (Å²) in [6, 6.07) is 0.687. The van der Waals surface area contributed by atoms with Gasteiger partial charge in [0.1, 0.15) is 6.54 Å². The normalized spacial score (nSPS) is 24.0. The number of aryl methyl sites for hydroxylation is 1. The molecule has 2 unspecified atom stereocenters. The minimum Gasteiger partial charge on any atom is -0.357 e. The number of amides is 1. The minimum absolute atomic E-state index is 0.106. The molecule has 1 aromatic rings. The molecule has 0 aromatic carbocycles. The molecule has 2 aliphatic carbocycles. The molecule has 1 amide bonds. The van der Waals surface area contributed by atoms with Crippen molar-refractivity contribution in [3.05, 3.63) is 11.7 Å². The van der Waals surface area contributed by atoms with Crippen molar-refractivity contribution in [2.45, 2.75) is 71.0 Å². The third-order valence-corrected chi connectivity index (χ3v) is 4.60. The van der Waals surface area contributed by atoms with Gasteiger partial charge in [0.2, 0.25) is 11.8 Å². The van der Waals surface area contributed by atoms with Crippen LogP contribution in [0, 0.1) is 12.8 Å². The molecule has 3 N–H and O–H groups in total. The van der Waals surface area contributed by atoms with Crippen LogP contribution in [-0.4, -0.2) is 40.6 Å². The van der Waals surface area contributed by atoms with Gasteiger partial charge in [-0.25, -0.2) is 4.99 Å². The lowest BCUT2D eigenvalue weighted by atomic mass is 9.85. The summed E-state index contributed by atoms with van der Waals surface area (Å²) >= 11 is 0. The van der Waals surface area contributed by atoms with Crippen molar-refractivity contribution in [3.8, 4) is 0 Å². The van der Waals surface area contributed by atoms with E-state index in [0.717, 1.165) is 51.0 Å². The first-order valence-electron chi connectivity index (χ1n) is 9.28. The second kappa shape index (κ2) is 8.31. The van der Waals surface area contributed by atoms with E-state index in [-0.39, 0.29) is 17.9 Å². The molecule has 1 heterocycles. The molecule has 1 aromatic heterocycles. The number of guanidine groups is 1. The third-order valence-electron chi connectivity index (χ3n) is 4.60. The van der Waals surface area contributed by atoms with Crippen molar-refractivity contribution in [1.29, 1.82) is 0 Å². The number of hydrogen-bond acceptors (Lipinski definition) is 5. The SMILES string of the molecule is CCNC(=NCc1noc(C)n1)NC1CCCC(C(=O)NC2CC2)C1. The highest BCUT2D eigenvalue weighted by atomic mass is 16.5. The summed E-state index contributed by atoms with van der Waals surface area (Å²) in [4.78, 5) is 21.0. The zero-order valence-electron chi connectivity index (χ0n) is 15.0. The predicted octanol–water partition coefficient (Wildman–Crippen LogP) is 1.27. The van der Waals surface area contributed by atoms with Crippen LogP contribution < -0.4 is 16.0 Å². The lowest BCUT2D eigenvalue weighted by molar-refractivity contribution is -0.126. The van der Waals surface area contributed by atoms with Crippen molar-refractivity contribution in [3.63, 3.8) is 0 Å². The minimum atomic E-state index is 0.106. The highest BCUT2D eigenvalue weighted by Crippen LogP contribution is 2.26. The standard InChI is InChI=1S/C17H28N6O2/c1-3-18-17(19-10-15-20-11(2)25-23-15)22-14-6-4-5-12(9-14)16(24)21-13-7-8-13/h12-14H,3-10H2,1-2H3,(H,21,24)(H2,18,19,22). The largest absolute Gasteiger partial charge is 0.357 e. The fraction of sp³-hybridized carbons (Fsp3) is 0.765. The number of rotatable bonds is 6. The summed E-state index contributed by atoms with van der Waals surface area (Å²) in [5, 5.41) is 13.7. The van der Waals surface area contributed by atoms with Crippen LogP contribution in [0.25, 0.3) is 0 Å². The molecule has 0 aliphatic heterocycles. The quantitative estimate of drug-likeness (QED) is 0.528. The number of carbonyl (C=O) groups excluding carboxylic acids is 1. The van der Waals surface area contributed by atoms with Crippen LogP contribution in [0.1, 0.15) is 57.2 Å².